The fraction of sp³-hybridized carbons (Fsp3) is 0.400. The highest BCUT2D eigenvalue weighted by Gasteiger charge is 2.12. The lowest BCUT2D eigenvalue weighted by Crippen LogP contribution is -2.03. The van der Waals surface area contributed by atoms with Crippen molar-refractivity contribution in [1.29, 1.82) is 0 Å². The molecule has 2 aromatic heterocycles. The van der Waals surface area contributed by atoms with Crippen molar-refractivity contribution in [3.63, 3.8) is 0 Å². The SMILES string of the molecule is CNc1nc(C)nc(Oc2ncn(C)n2)c1C. The lowest BCUT2D eigenvalue weighted by molar-refractivity contribution is 0.417. The Balaban J connectivity index is 2.35. The molecule has 0 atom stereocenters. The molecule has 2 aromatic rings. The maximum Gasteiger partial charge on any atom is 0.342 e. The first-order chi connectivity index (χ1) is 8.10. The van der Waals surface area contributed by atoms with Crippen LogP contribution in [0.3, 0.4) is 0 Å². The first kappa shape index (κ1) is 11.3. The number of hydrogen-bond acceptors (Lipinski definition) is 6. The molecule has 0 saturated carbocycles. The third-order valence-corrected chi connectivity index (χ3v) is 2.22. The zero-order valence-corrected chi connectivity index (χ0v) is 10.2. The van der Waals surface area contributed by atoms with Crippen LogP contribution in [-0.2, 0) is 7.05 Å². The van der Waals surface area contributed by atoms with Gasteiger partial charge in [0.2, 0.25) is 5.88 Å². The molecule has 0 amide bonds. The molecule has 0 aliphatic rings. The summed E-state index contributed by atoms with van der Waals surface area (Å²) in [5, 5.41) is 7.03. The van der Waals surface area contributed by atoms with Crippen molar-refractivity contribution in [2.75, 3.05) is 12.4 Å². The lowest BCUT2D eigenvalue weighted by atomic mass is 10.3. The predicted molar refractivity (Wildman–Crippen MR) is 62.1 cm³/mol. The minimum Gasteiger partial charge on any atom is -0.404 e. The van der Waals surface area contributed by atoms with E-state index in [9.17, 15) is 0 Å². The Bertz CT molecular complexity index is 536. The Morgan fingerprint density at radius 2 is 2.06 bits per heavy atom. The second-order valence-corrected chi connectivity index (χ2v) is 3.60. The maximum absolute atomic E-state index is 5.52. The molecule has 0 unspecified atom stereocenters. The molecule has 2 heterocycles. The molecule has 0 fully saturated rings. The van der Waals surface area contributed by atoms with Gasteiger partial charge in [-0.2, -0.15) is 9.97 Å². The fourth-order valence-electron chi connectivity index (χ4n) is 1.40. The molecular formula is C10H14N6O. The molecule has 0 saturated heterocycles. The van der Waals surface area contributed by atoms with Crippen LogP contribution in [0.15, 0.2) is 6.33 Å². The van der Waals surface area contributed by atoms with E-state index in [-0.39, 0.29) is 6.01 Å². The molecule has 2 rings (SSSR count). The summed E-state index contributed by atoms with van der Waals surface area (Å²) in [5.74, 6) is 1.84. The molecule has 0 aromatic carbocycles. The van der Waals surface area contributed by atoms with E-state index in [1.165, 1.54) is 0 Å². The molecule has 17 heavy (non-hydrogen) atoms. The Morgan fingerprint density at radius 3 is 2.65 bits per heavy atom. The molecule has 7 nitrogen and oxygen atoms in total. The van der Waals surface area contributed by atoms with Crippen LogP contribution in [0.1, 0.15) is 11.4 Å². The number of nitrogens with zero attached hydrogens (tertiary/aromatic N) is 5. The number of aryl methyl sites for hydroxylation is 2. The lowest BCUT2D eigenvalue weighted by Gasteiger charge is -2.09. The smallest absolute Gasteiger partial charge is 0.342 e. The van der Waals surface area contributed by atoms with Crippen LogP contribution in [0.5, 0.6) is 11.9 Å². The Labute approximate surface area is 98.9 Å². The van der Waals surface area contributed by atoms with Crippen molar-refractivity contribution in [2.45, 2.75) is 13.8 Å². The minimum absolute atomic E-state index is 0.274. The molecule has 0 aliphatic carbocycles. The highest BCUT2D eigenvalue weighted by molar-refractivity contribution is 5.48. The van der Waals surface area contributed by atoms with Gasteiger partial charge >= 0.3 is 6.01 Å². The van der Waals surface area contributed by atoms with Crippen molar-refractivity contribution in [3.05, 3.63) is 17.7 Å². The quantitative estimate of drug-likeness (QED) is 0.855. The maximum atomic E-state index is 5.52. The van der Waals surface area contributed by atoms with E-state index in [1.54, 1.807) is 32.0 Å². The molecular weight excluding hydrogens is 220 g/mol. The second-order valence-electron chi connectivity index (χ2n) is 3.60. The van der Waals surface area contributed by atoms with Gasteiger partial charge < -0.3 is 10.1 Å². The van der Waals surface area contributed by atoms with Gasteiger partial charge in [0.1, 0.15) is 18.0 Å². The van der Waals surface area contributed by atoms with Crippen molar-refractivity contribution in [2.24, 2.45) is 7.05 Å². The minimum atomic E-state index is 0.274. The zero-order valence-electron chi connectivity index (χ0n) is 10.2. The summed E-state index contributed by atoms with van der Waals surface area (Å²) in [4.78, 5) is 12.5. The highest BCUT2D eigenvalue weighted by Crippen LogP contribution is 2.24. The third kappa shape index (κ3) is 2.32. The number of ether oxygens (including phenoxy) is 1. The van der Waals surface area contributed by atoms with E-state index >= 15 is 0 Å². The summed E-state index contributed by atoms with van der Waals surface area (Å²) in [6, 6.07) is 0.274. The Hall–Kier alpha value is -2.18. The average molecular weight is 234 g/mol. The summed E-state index contributed by atoms with van der Waals surface area (Å²) < 4.78 is 7.09. The van der Waals surface area contributed by atoms with Gasteiger partial charge in [-0.25, -0.2) is 4.98 Å². The summed E-state index contributed by atoms with van der Waals surface area (Å²) in [5.41, 5.74) is 0.825. The number of aromatic nitrogens is 5. The van der Waals surface area contributed by atoms with E-state index in [2.05, 4.69) is 25.4 Å². The van der Waals surface area contributed by atoms with Crippen molar-refractivity contribution >= 4 is 5.82 Å². The van der Waals surface area contributed by atoms with Gasteiger partial charge in [-0.3, -0.25) is 4.68 Å². The Kier molecular flexibility index (Phi) is 2.90. The van der Waals surface area contributed by atoms with Crippen LogP contribution in [0.4, 0.5) is 5.82 Å². The molecule has 0 radical (unpaired) electrons. The number of nitrogens with one attached hydrogen (secondary N) is 1. The van der Waals surface area contributed by atoms with Crippen molar-refractivity contribution < 1.29 is 4.74 Å². The van der Waals surface area contributed by atoms with Crippen molar-refractivity contribution in [1.82, 2.24) is 24.7 Å². The Morgan fingerprint density at radius 1 is 1.29 bits per heavy atom. The van der Waals surface area contributed by atoms with E-state index in [1.807, 2.05) is 6.92 Å². The van der Waals surface area contributed by atoms with Crippen LogP contribution in [0.25, 0.3) is 0 Å². The average Bonchev–Trinajstić information content (AvgIpc) is 2.69. The van der Waals surface area contributed by atoms with E-state index in [0.717, 1.165) is 11.4 Å². The van der Waals surface area contributed by atoms with Crippen LogP contribution >= 0.6 is 0 Å². The largest absolute Gasteiger partial charge is 0.404 e. The standard InChI is InChI=1S/C10H14N6O/c1-6-8(11-3)13-7(2)14-9(6)17-10-12-5-16(4)15-10/h5H,1-4H3,(H,11,13,14). The topological polar surface area (TPSA) is 77.8 Å². The zero-order chi connectivity index (χ0) is 12.4. The van der Waals surface area contributed by atoms with Crippen LogP contribution < -0.4 is 10.1 Å². The monoisotopic (exact) mass is 234 g/mol. The van der Waals surface area contributed by atoms with Crippen LogP contribution in [0.2, 0.25) is 0 Å². The molecule has 7 heteroatoms. The first-order valence-electron chi connectivity index (χ1n) is 5.16. The van der Waals surface area contributed by atoms with E-state index in [4.69, 9.17) is 4.74 Å². The summed E-state index contributed by atoms with van der Waals surface area (Å²) >= 11 is 0. The van der Waals surface area contributed by atoms with Gasteiger partial charge in [0.05, 0.1) is 5.56 Å². The van der Waals surface area contributed by atoms with Gasteiger partial charge in [0.25, 0.3) is 0 Å². The van der Waals surface area contributed by atoms with Crippen LogP contribution in [-0.4, -0.2) is 31.8 Å². The van der Waals surface area contributed by atoms with E-state index in [0.29, 0.717) is 11.7 Å². The number of rotatable bonds is 3. The molecule has 90 valence electrons. The molecule has 0 bridgehead atoms. The van der Waals surface area contributed by atoms with Crippen molar-refractivity contribution in [3.8, 4) is 11.9 Å². The molecule has 0 spiro atoms. The summed E-state index contributed by atoms with van der Waals surface area (Å²) in [7, 11) is 3.58. The van der Waals surface area contributed by atoms with Gasteiger partial charge in [-0.15, -0.1) is 5.10 Å². The summed E-state index contributed by atoms with van der Waals surface area (Å²) in [6.07, 6.45) is 1.57. The van der Waals surface area contributed by atoms with E-state index < -0.39 is 0 Å². The second kappa shape index (κ2) is 4.36. The summed E-state index contributed by atoms with van der Waals surface area (Å²) in [6.45, 7) is 3.68. The predicted octanol–water partition coefficient (Wildman–Crippen LogP) is 1.06. The number of anilines is 1. The van der Waals surface area contributed by atoms with Gasteiger partial charge in [0, 0.05) is 14.1 Å². The third-order valence-electron chi connectivity index (χ3n) is 2.22. The highest BCUT2D eigenvalue weighted by atomic mass is 16.5. The fourth-order valence-corrected chi connectivity index (χ4v) is 1.40. The van der Waals surface area contributed by atoms with Gasteiger partial charge in [-0.05, 0) is 13.8 Å². The molecule has 1 N–H and O–H groups in total. The van der Waals surface area contributed by atoms with Gasteiger partial charge in [-0.1, -0.05) is 0 Å². The normalized spacial score (nSPS) is 10.4. The van der Waals surface area contributed by atoms with Crippen LogP contribution in [0, 0.1) is 13.8 Å². The number of hydrogen-bond donors (Lipinski definition) is 1. The molecule has 0 aliphatic heterocycles. The first-order valence-corrected chi connectivity index (χ1v) is 5.16. The van der Waals surface area contributed by atoms with Gasteiger partial charge in [0.15, 0.2) is 0 Å².